The van der Waals surface area contributed by atoms with Crippen LogP contribution in [0.25, 0.3) is 66.3 Å². The van der Waals surface area contributed by atoms with Gasteiger partial charge in [-0.2, -0.15) is 0 Å². The average Bonchev–Trinajstić information content (AvgIpc) is 3.94. The van der Waals surface area contributed by atoms with Crippen molar-refractivity contribution >= 4 is 95.1 Å². The van der Waals surface area contributed by atoms with Crippen LogP contribution in [0.4, 0.5) is 0 Å². The minimum atomic E-state index is -2.87. The first-order valence-electron chi connectivity index (χ1n) is 20.5. The van der Waals surface area contributed by atoms with Crippen molar-refractivity contribution in [2.45, 2.75) is 25.7 Å². The van der Waals surface area contributed by atoms with Crippen molar-refractivity contribution in [2.75, 3.05) is 0 Å². The van der Waals surface area contributed by atoms with Crippen LogP contribution in [0.5, 0.6) is 0 Å². The number of aryl methyl sites for hydroxylation is 2. The summed E-state index contributed by atoms with van der Waals surface area (Å²) < 4.78 is 6.41. The molecule has 0 radical (unpaired) electrons. The predicted molar refractivity (Wildman–Crippen MR) is 251 cm³/mol. The summed E-state index contributed by atoms with van der Waals surface area (Å²) in [6.07, 6.45) is 13.9. The predicted octanol–water partition coefficient (Wildman–Crippen LogP) is 11.2. The van der Waals surface area contributed by atoms with Gasteiger partial charge in [0.2, 0.25) is 0 Å². The van der Waals surface area contributed by atoms with Crippen LogP contribution < -0.4 is 20.7 Å². The van der Waals surface area contributed by atoms with Crippen molar-refractivity contribution in [3.8, 4) is 11.4 Å². The van der Waals surface area contributed by atoms with Gasteiger partial charge in [-0.15, -0.1) is 11.3 Å². The van der Waals surface area contributed by atoms with Crippen LogP contribution in [0.3, 0.4) is 0 Å². The van der Waals surface area contributed by atoms with Crippen LogP contribution in [0, 0.1) is 0 Å². The summed E-state index contributed by atoms with van der Waals surface area (Å²) in [5.74, 6) is 0. The molecule has 10 aromatic rings. The lowest BCUT2D eigenvalue weighted by Crippen LogP contribution is -2.74. The molecule has 4 heteroatoms. The zero-order chi connectivity index (χ0) is 38.2. The monoisotopic (exact) mass is 776 g/mol. The van der Waals surface area contributed by atoms with E-state index >= 15 is 0 Å². The highest BCUT2D eigenvalue weighted by Crippen LogP contribution is 2.42. The summed E-state index contributed by atoms with van der Waals surface area (Å²) in [5.41, 5.74) is 10.4. The van der Waals surface area contributed by atoms with Crippen molar-refractivity contribution in [3.05, 3.63) is 204 Å². The average molecular weight is 777 g/mol. The van der Waals surface area contributed by atoms with E-state index in [1.54, 1.807) is 0 Å². The molecule has 0 amide bonds. The molecule has 0 saturated heterocycles. The third kappa shape index (κ3) is 4.95. The molecule has 2 aliphatic rings. The number of thiophene rings is 1. The Morgan fingerprint density at radius 2 is 1.03 bits per heavy atom. The number of aromatic nitrogens is 2. The van der Waals surface area contributed by atoms with Crippen LogP contribution in [0.2, 0.25) is 0 Å². The van der Waals surface area contributed by atoms with Gasteiger partial charge in [-0.05, 0) is 112 Å². The summed E-state index contributed by atoms with van der Waals surface area (Å²) in [6, 6.07) is 64.4. The Balaban J connectivity index is 1.11. The lowest BCUT2D eigenvalue weighted by Gasteiger charge is -2.34. The van der Waals surface area contributed by atoms with E-state index in [0.29, 0.717) is 0 Å². The van der Waals surface area contributed by atoms with Gasteiger partial charge in [-0.1, -0.05) is 140 Å². The standard InChI is InChI=1S/C54H40N2SSi/c1-4-16-37(17-5-1)55-49-25-13-10-22-43(49)45-33-32-42(34-51(45)55)58(39-18-6-2-7-19-39,40-20-8-3-9-21-40)41-30-28-38(29-31-41)56-50-26-14-11-23-44(50)47-36-54-48(35-52(47)56)46-24-12-15-27-53(46)57-54/h1-10,12-14,16-22,24-26,28-36H,11,15,23,27H2. The molecule has 276 valence electrons. The van der Waals surface area contributed by atoms with E-state index in [1.165, 1.54) is 96.6 Å². The summed E-state index contributed by atoms with van der Waals surface area (Å²) >= 11 is 1.99. The maximum Gasteiger partial charge on any atom is 0.179 e. The highest BCUT2D eigenvalue weighted by atomic mass is 32.1. The summed E-state index contributed by atoms with van der Waals surface area (Å²) in [5, 5.41) is 10.8. The zero-order valence-electron chi connectivity index (χ0n) is 32.1. The Morgan fingerprint density at radius 1 is 0.431 bits per heavy atom. The Morgan fingerprint density at radius 3 is 1.81 bits per heavy atom. The van der Waals surface area contributed by atoms with Crippen molar-refractivity contribution in [3.63, 3.8) is 0 Å². The van der Waals surface area contributed by atoms with Gasteiger partial charge in [0, 0.05) is 48.2 Å². The Hall–Kier alpha value is -6.46. The summed E-state index contributed by atoms with van der Waals surface area (Å²) in [6.45, 7) is 0. The van der Waals surface area contributed by atoms with Crippen LogP contribution in [0.15, 0.2) is 182 Å². The van der Waals surface area contributed by atoms with Crippen molar-refractivity contribution < 1.29 is 0 Å². The molecule has 2 nitrogen and oxygen atoms in total. The topological polar surface area (TPSA) is 9.86 Å². The van der Waals surface area contributed by atoms with Crippen LogP contribution in [-0.2, 0) is 12.8 Å². The highest BCUT2D eigenvalue weighted by Gasteiger charge is 2.42. The molecule has 12 rings (SSSR count). The first-order valence-corrected chi connectivity index (χ1v) is 23.4. The van der Waals surface area contributed by atoms with Gasteiger partial charge in [-0.3, -0.25) is 0 Å². The Labute approximate surface area is 343 Å². The van der Waals surface area contributed by atoms with E-state index in [1.807, 2.05) is 11.3 Å². The number of hydrogen-bond acceptors (Lipinski definition) is 1. The zero-order valence-corrected chi connectivity index (χ0v) is 33.9. The summed E-state index contributed by atoms with van der Waals surface area (Å²) in [4.78, 5) is 1.53. The first-order chi connectivity index (χ1) is 28.8. The second kappa shape index (κ2) is 13.3. The first kappa shape index (κ1) is 33.7. The number of rotatable bonds is 6. The maximum atomic E-state index is 2.54. The number of fused-ring (bicyclic) bond motifs is 9. The minimum Gasteiger partial charge on any atom is -0.310 e. The fraction of sp³-hybridized carbons (Fsp3) is 0.0741. The normalized spacial score (nSPS) is 13.8. The van der Waals surface area contributed by atoms with Crippen LogP contribution in [0.1, 0.15) is 34.5 Å². The molecule has 3 heterocycles. The molecule has 58 heavy (non-hydrogen) atoms. The molecule has 0 unspecified atom stereocenters. The second-order valence-electron chi connectivity index (χ2n) is 15.8. The van der Waals surface area contributed by atoms with E-state index < -0.39 is 8.07 Å². The van der Waals surface area contributed by atoms with Gasteiger partial charge >= 0.3 is 0 Å². The number of hydrogen-bond donors (Lipinski definition) is 0. The van der Waals surface area contributed by atoms with E-state index in [0.717, 1.165) is 25.7 Å². The number of allylic oxidation sites excluding steroid dienone is 2. The molecule has 3 aromatic heterocycles. The molecular weight excluding hydrogens is 737 g/mol. The number of nitrogens with zero attached hydrogens (tertiary/aromatic N) is 2. The lowest BCUT2D eigenvalue weighted by atomic mass is 9.99. The Kier molecular flexibility index (Phi) is 7.72. The molecule has 2 aliphatic carbocycles. The molecule has 0 atom stereocenters. The van der Waals surface area contributed by atoms with Crippen LogP contribution >= 0.6 is 11.3 Å². The molecule has 0 saturated carbocycles. The summed E-state index contributed by atoms with van der Waals surface area (Å²) in [7, 11) is -2.87. The highest BCUT2D eigenvalue weighted by molar-refractivity contribution is 7.20. The molecule has 0 fully saturated rings. The smallest absolute Gasteiger partial charge is 0.179 e. The van der Waals surface area contributed by atoms with Crippen molar-refractivity contribution in [2.24, 2.45) is 0 Å². The van der Waals surface area contributed by atoms with Gasteiger partial charge in [0.25, 0.3) is 0 Å². The van der Waals surface area contributed by atoms with E-state index in [2.05, 4.69) is 203 Å². The molecule has 0 N–H and O–H groups in total. The maximum absolute atomic E-state index is 2.87. The van der Waals surface area contributed by atoms with E-state index in [-0.39, 0.29) is 0 Å². The molecule has 0 spiro atoms. The van der Waals surface area contributed by atoms with Crippen LogP contribution in [-0.4, -0.2) is 17.2 Å². The number of para-hydroxylation sites is 2. The van der Waals surface area contributed by atoms with Crippen molar-refractivity contribution in [1.29, 1.82) is 0 Å². The molecule has 7 aromatic carbocycles. The molecule has 0 aliphatic heterocycles. The fourth-order valence-electron chi connectivity index (χ4n) is 10.2. The fourth-order valence-corrected chi connectivity index (χ4v) is 16.2. The van der Waals surface area contributed by atoms with Gasteiger partial charge < -0.3 is 9.13 Å². The Bertz CT molecular complexity index is 3220. The van der Waals surface area contributed by atoms with Crippen molar-refractivity contribution in [1.82, 2.24) is 9.13 Å². The van der Waals surface area contributed by atoms with Gasteiger partial charge in [0.05, 0.1) is 16.6 Å². The third-order valence-electron chi connectivity index (χ3n) is 12.8. The third-order valence-corrected chi connectivity index (χ3v) is 18.8. The second-order valence-corrected chi connectivity index (χ2v) is 20.8. The SMILES string of the molecule is C1=Cc2c(sc3cc4c5c(n(-c6ccc([Si](c7ccccc7)(c7ccccc7)c7ccc8c9ccccc9n(-c9ccccc9)c8c7)cc6)c4cc23)C=CCC5)CC1. The largest absolute Gasteiger partial charge is 0.310 e. The molecular formula is C54H40N2SSi. The van der Waals surface area contributed by atoms with E-state index in [4.69, 9.17) is 0 Å². The van der Waals surface area contributed by atoms with E-state index in [9.17, 15) is 0 Å². The molecule has 0 bridgehead atoms. The lowest BCUT2D eigenvalue weighted by molar-refractivity contribution is 0.968. The van der Waals surface area contributed by atoms with Gasteiger partial charge in [-0.25, -0.2) is 0 Å². The minimum absolute atomic E-state index is 1.07. The van der Waals surface area contributed by atoms with Gasteiger partial charge in [0.15, 0.2) is 8.07 Å². The quantitative estimate of drug-likeness (QED) is 0.118. The number of benzene rings is 7. The van der Waals surface area contributed by atoms with Gasteiger partial charge in [0.1, 0.15) is 0 Å².